The maximum absolute atomic E-state index is 10.8. The van der Waals surface area contributed by atoms with Gasteiger partial charge in [0.1, 0.15) is 0 Å². The molecule has 0 amide bonds. The van der Waals surface area contributed by atoms with Crippen LogP contribution < -0.4 is 0 Å². The highest BCUT2D eigenvalue weighted by Crippen LogP contribution is 2.10. The van der Waals surface area contributed by atoms with Crippen molar-refractivity contribution in [2.45, 2.75) is 53.1 Å². The minimum Gasteiger partial charge on any atom is -0.466 e. The molecule has 0 bridgehead atoms. The zero-order chi connectivity index (χ0) is 8.10. The van der Waals surface area contributed by atoms with Gasteiger partial charge < -0.3 is 9.84 Å². The van der Waals surface area contributed by atoms with Crippen LogP contribution in [0.25, 0.3) is 0 Å². The fourth-order valence-corrected chi connectivity index (χ4v) is 1.17. The van der Waals surface area contributed by atoms with Crippen molar-refractivity contribution in [3.05, 3.63) is 0 Å². The van der Waals surface area contributed by atoms with Gasteiger partial charge in [-0.05, 0) is 12.8 Å². The Hall–Kier alpha value is -0.570. The summed E-state index contributed by atoms with van der Waals surface area (Å²) in [4.78, 5) is 10.8. The molecule has 3 heteroatoms. The third kappa shape index (κ3) is 6.58. The van der Waals surface area contributed by atoms with Gasteiger partial charge in [0.05, 0.1) is 12.7 Å². The lowest BCUT2D eigenvalue weighted by atomic mass is 10.1. The van der Waals surface area contributed by atoms with Crippen molar-refractivity contribution in [1.29, 1.82) is 0 Å². The second-order valence-electron chi connectivity index (χ2n) is 2.91. The standard InChI is InChI=1S/C8H14O3.2CH4/c9-7-3-1-2-4-8(10)11-6-5-7;;/h7,9H,1-6H2;2*1H4. The van der Waals surface area contributed by atoms with Gasteiger partial charge in [0.2, 0.25) is 0 Å². The van der Waals surface area contributed by atoms with E-state index in [1.807, 2.05) is 0 Å². The first-order chi connectivity index (χ1) is 5.29. The molecule has 0 spiro atoms. The average molecular weight is 190 g/mol. The monoisotopic (exact) mass is 190 g/mol. The Bertz CT molecular complexity index is 134. The van der Waals surface area contributed by atoms with E-state index >= 15 is 0 Å². The van der Waals surface area contributed by atoms with Gasteiger partial charge in [0.15, 0.2) is 0 Å². The largest absolute Gasteiger partial charge is 0.466 e. The lowest BCUT2D eigenvalue weighted by Crippen LogP contribution is -2.10. The van der Waals surface area contributed by atoms with Gasteiger partial charge in [-0.2, -0.15) is 0 Å². The molecule has 0 aromatic heterocycles. The van der Waals surface area contributed by atoms with E-state index in [9.17, 15) is 9.90 Å². The van der Waals surface area contributed by atoms with E-state index in [4.69, 9.17) is 4.74 Å². The van der Waals surface area contributed by atoms with E-state index in [-0.39, 0.29) is 26.9 Å². The molecule has 0 aromatic rings. The average Bonchev–Trinajstić information content (AvgIpc) is 2.04. The first-order valence-electron chi connectivity index (χ1n) is 4.13. The summed E-state index contributed by atoms with van der Waals surface area (Å²) >= 11 is 0. The minimum atomic E-state index is -0.277. The number of cyclic esters (lactones) is 1. The number of aliphatic hydroxyl groups excluding tert-OH is 1. The van der Waals surface area contributed by atoms with Crippen molar-refractivity contribution in [3.63, 3.8) is 0 Å². The van der Waals surface area contributed by atoms with E-state index in [1.54, 1.807) is 0 Å². The molecule has 1 aliphatic heterocycles. The molecule has 1 rings (SSSR count). The lowest BCUT2D eigenvalue weighted by Gasteiger charge is -2.06. The van der Waals surface area contributed by atoms with Gasteiger partial charge in [0.25, 0.3) is 0 Å². The van der Waals surface area contributed by atoms with Crippen LogP contribution in [0.3, 0.4) is 0 Å². The Morgan fingerprint density at radius 2 is 1.92 bits per heavy atom. The molecule has 80 valence electrons. The molecule has 1 atom stereocenters. The predicted molar refractivity (Wildman–Crippen MR) is 53.5 cm³/mol. The Balaban J connectivity index is 0. The molecule has 13 heavy (non-hydrogen) atoms. The number of ether oxygens (including phenoxy) is 1. The highest BCUT2D eigenvalue weighted by Gasteiger charge is 2.10. The molecule has 0 aromatic carbocycles. The summed E-state index contributed by atoms with van der Waals surface area (Å²) in [7, 11) is 0. The molecule has 1 aliphatic rings. The van der Waals surface area contributed by atoms with Crippen molar-refractivity contribution in [2.24, 2.45) is 0 Å². The summed E-state index contributed by atoms with van der Waals surface area (Å²) in [6.07, 6.45) is 3.39. The molecule has 1 fully saturated rings. The number of esters is 1. The predicted octanol–water partition coefficient (Wildman–Crippen LogP) is 2.13. The van der Waals surface area contributed by atoms with Crippen LogP contribution >= 0.6 is 0 Å². The topological polar surface area (TPSA) is 46.5 Å². The van der Waals surface area contributed by atoms with Gasteiger partial charge in [-0.3, -0.25) is 4.79 Å². The highest BCUT2D eigenvalue weighted by atomic mass is 16.5. The van der Waals surface area contributed by atoms with Crippen molar-refractivity contribution in [3.8, 4) is 0 Å². The smallest absolute Gasteiger partial charge is 0.305 e. The molecular weight excluding hydrogens is 168 g/mol. The van der Waals surface area contributed by atoms with Crippen molar-refractivity contribution in [2.75, 3.05) is 6.61 Å². The van der Waals surface area contributed by atoms with Gasteiger partial charge >= 0.3 is 5.97 Å². The molecule has 1 unspecified atom stereocenters. The molecule has 1 saturated heterocycles. The van der Waals surface area contributed by atoms with Crippen molar-refractivity contribution >= 4 is 5.97 Å². The SMILES string of the molecule is C.C.O=C1CCCCC(O)CCO1. The molecule has 0 aliphatic carbocycles. The first kappa shape index (κ1) is 14.9. The number of carbonyl (C=O) groups is 1. The van der Waals surface area contributed by atoms with Crippen LogP contribution in [0.1, 0.15) is 47.0 Å². The van der Waals surface area contributed by atoms with Crippen LogP contribution in [0.15, 0.2) is 0 Å². The van der Waals surface area contributed by atoms with Crippen LogP contribution in [-0.2, 0) is 9.53 Å². The van der Waals surface area contributed by atoms with Crippen LogP contribution in [0, 0.1) is 0 Å². The highest BCUT2D eigenvalue weighted by molar-refractivity contribution is 5.69. The minimum absolute atomic E-state index is 0. The summed E-state index contributed by atoms with van der Waals surface area (Å²) in [5.74, 6) is -0.126. The summed E-state index contributed by atoms with van der Waals surface area (Å²) in [5, 5.41) is 9.23. The summed E-state index contributed by atoms with van der Waals surface area (Å²) in [6, 6.07) is 0. The Labute approximate surface area is 81.1 Å². The van der Waals surface area contributed by atoms with Gasteiger partial charge in [0, 0.05) is 12.8 Å². The number of rotatable bonds is 0. The fourth-order valence-electron chi connectivity index (χ4n) is 1.17. The van der Waals surface area contributed by atoms with E-state index in [0.29, 0.717) is 19.4 Å². The summed E-state index contributed by atoms with van der Waals surface area (Å²) in [5.41, 5.74) is 0. The maximum Gasteiger partial charge on any atom is 0.305 e. The first-order valence-corrected chi connectivity index (χ1v) is 4.13. The van der Waals surface area contributed by atoms with Gasteiger partial charge in [-0.25, -0.2) is 0 Å². The molecule has 1 N–H and O–H groups in total. The molecule has 0 radical (unpaired) electrons. The maximum atomic E-state index is 10.8. The van der Waals surface area contributed by atoms with E-state index in [0.717, 1.165) is 19.3 Å². The van der Waals surface area contributed by atoms with Crippen LogP contribution in [0.2, 0.25) is 0 Å². The fraction of sp³-hybridized carbons (Fsp3) is 0.900. The lowest BCUT2D eigenvalue weighted by molar-refractivity contribution is -0.144. The molecular formula is C10H22O3. The summed E-state index contributed by atoms with van der Waals surface area (Å²) < 4.78 is 4.83. The molecule has 1 heterocycles. The molecule has 0 saturated carbocycles. The zero-order valence-electron chi connectivity index (χ0n) is 6.58. The third-order valence-electron chi connectivity index (χ3n) is 1.88. The normalized spacial score (nSPS) is 23.8. The van der Waals surface area contributed by atoms with E-state index in [2.05, 4.69) is 0 Å². The number of hydrogen-bond donors (Lipinski definition) is 1. The van der Waals surface area contributed by atoms with Gasteiger partial charge in [-0.1, -0.05) is 21.3 Å². The number of hydrogen-bond acceptors (Lipinski definition) is 3. The Morgan fingerprint density at radius 3 is 2.62 bits per heavy atom. The second-order valence-corrected chi connectivity index (χ2v) is 2.91. The van der Waals surface area contributed by atoms with Crippen LogP contribution in [0.4, 0.5) is 0 Å². The van der Waals surface area contributed by atoms with Crippen LogP contribution in [-0.4, -0.2) is 23.8 Å². The number of aliphatic hydroxyl groups is 1. The van der Waals surface area contributed by atoms with Crippen LogP contribution in [0.5, 0.6) is 0 Å². The van der Waals surface area contributed by atoms with Crippen molar-refractivity contribution in [1.82, 2.24) is 0 Å². The van der Waals surface area contributed by atoms with E-state index in [1.165, 1.54) is 0 Å². The number of carbonyl (C=O) groups excluding carboxylic acids is 1. The summed E-state index contributed by atoms with van der Waals surface area (Å²) in [6.45, 7) is 0.375. The Morgan fingerprint density at radius 1 is 1.23 bits per heavy atom. The third-order valence-corrected chi connectivity index (χ3v) is 1.88. The molecule has 3 nitrogen and oxygen atoms in total. The zero-order valence-corrected chi connectivity index (χ0v) is 6.58. The Kier molecular flexibility index (Phi) is 9.24. The second kappa shape index (κ2) is 8.05. The van der Waals surface area contributed by atoms with Gasteiger partial charge in [-0.15, -0.1) is 0 Å². The van der Waals surface area contributed by atoms with Crippen molar-refractivity contribution < 1.29 is 14.6 Å². The van der Waals surface area contributed by atoms with E-state index < -0.39 is 0 Å². The quantitative estimate of drug-likeness (QED) is 0.595.